The molecule has 0 radical (unpaired) electrons. The van der Waals surface area contributed by atoms with Crippen molar-refractivity contribution in [1.82, 2.24) is 25.0 Å². The molecule has 0 aliphatic heterocycles. The molecule has 0 atom stereocenters. The van der Waals surface area contributed by atoms with E-state index in [0.717, 1.165) is 0 Å². The molecule has 0 spiro atoms. The molecule has 2 aromatic heterocycles. The predicted octanol–water partition coefficient (Wildman–Crippen LogP) is 0.0585. The Bertz CT molecular complexity index is 489. The summed E-state index contributed by atoms with van der Waals surface area (Å²) in [5, 5.41) is 23.7. The van der Waals surface area contributed by atoms with Gasteiger partial charge in [0.25, 0.3) is 0 Å². The number of hydrogen-bond acceptors (Lipinski definition) is 6. The molecule has 16 heavy (non-hydrogen) atoms. The first-order valence-electron chi connectivity index (χ1n) is 4.43. The number of nitro groups is 1. The molecular formula is C7H9N7O2. The quantitative estimate of drug-likeness (QED) is 0.559. The highest BCUT2D eigenvalue weighted by Gasteiger charge is 2.17. The monoisotopic (exact) mass is 223 g/mol. The number of anilines is 1. The summed E-state index contributed by atoms with van der Waals surface area (Å²) in [7, 11) is 1.62. The number of nitrogens with zero attached hydrogens (tertiary/aromatic N) is 5. The summed E-state index contributed by atoms with van der Waals surface area (Å²) in [6.45, 7) is 0.303. The van der Waals surface area contributed by atoms with Crippen molar-refractivity contribution >= 4 is 11.5 Å². The van der Waals surface area contributed by atoms with Gasteiger partial charge in [0.2, 0.25) is 5.82 Å². The lowest BCUT2D eigenvalue weighted by atomic mass is 10.5. The summed E-state index contributed by atoms with van der Waals surface area (Å²) in [6.07, 6.45) is 2.70. The lowest BCUT2D eigenvalue weighted by Crippen LogP contribution is -2.04. The first-order valence-corrected chi connectivity index (χ1v) is 4.43. The second-order valence-electron chi connectivity index (χ2n) is 3.08. The van der Waals surface area contributed by atoms with Gasteiger partial charge in [-0.3, -0.25) is 19.9 Å². The van der Waals surface area contributed by atoms with Crippen LogP contribution in [0.1, 0.15) is 5.82 Å². The summed E-state index contributed by atoms with van der Waals surface area (Å²) in [4.78, 5) is 14.1. The van der Waals surface area contributed by atoms with Gasteiger partial charge in [0.05, 0.1) is 11.5 Å². The zero-order valence-electron chi connectivity index (χ0n) is 8.41. The number of H-pyrrole nitrogens is 1. The molecular weight excluding hydrogens is 214 g/mol. The third-order valence-corrected chi connectivity index (χ3v) is 1.89. The summed E-state index contributed by atoms with van der Waals surface area (Å²) < 4.78 is 1.38. The van der Waals surface area contributed by atoms with Crippen molar-refractivity contribution in [2.24, 2.45) is 7.05 Å². The second kappa shape index (κ2) is 3.96. The minimum Gasteiger partial charge on any atom is -0.356 e. The van der Waals surface area contributed by atoms with Gasteiger partial charge in [0.1, 0.15) is 18.3 Å². The molecule has 0 aromatic carbocycles. The van der Waals surface area contributed by atoms with E-state index in [1.165, 1.54) is 17.2 Å². The van der Waals surface area contributed by atoms with Crippen LogP contribution in [0.2, 0.25) is 0 Å². The average molecular weight is 223 g/mol. The van der Waals surface area contributed by atoms with Crippen molar-refractivity contribution in [2.75, 3.05) is 5.32 Å². The van der Waals surface area contributed by atoms with Crippen LogP contribution in [0.15, 0.2) is 12.5 Å². The highest BCUT2D eigenvalue weighted by Crippen LogP contribution is 2.21. The van der Waals surface area contributed by atoms with E-state index in [0.29, 0.717) is 12.4 Å². The molecule has 2 rings (SSSR count). The van der Waals surface area contributed by atoms with Gasteiger partial charge in [0.15, 0.2) is 0 Å². The topological polar surface area (TPSA) is 115 Å². The van der Waals surface area contributed by atoms with Crippen molar-refractivity contribution in [3.05, 3.63) is 28.5 Å². The minimum atomic E-state index is -0.490. The van der Waals surface area contributed by atoms with Crippen LogP contribution in [0.5, 0.6) is 0 Å². The molecule has 0 bridgehead atoms. The Morgan fingerprint density at radius 2 is 2.50 bits per heavy atom. The fraction of sp³-hybridized carbons (Fsp3) is 0.286. The first kappa shape index (κ1) is 10.1. The Morgan fingerprint density at radius 1 is 1.69 bits per heavy atom. The van der Waals surface area contributed by atoms with E-state index >= 15 is 0 Å². The van der Waals surface area contributed by atoms with Gasteiger partial charge in [-0.15, -0.1) is 5.10 Å². The number of aromatic amines is 1. The van der Waals surface area contributed by atoms with Crippen LogP contribution < -0.4 is 5.32 Å². The predicted molar refractivity (Wildman–Crippen MR) is 53.6 cm³/mol. The van der Waals surface area contributed by atoms with Gasteiger partial charge in [0, 0.05) is 7.05 Å². The molecule has 84 valence electrons. The van der Waals surface area contributed by atoms with E-state index in [1.54, 1.807) is 7.05 Å². The summed E-state index contributed by atoms with van der Waals surface area (Å²) in [6, 6.07) is 0. The lowest BCUT2D eigenvalue weighted by Gasteiger charge is -1.98. The highest BCUT2D eigenvalue weighted by molar-refractivity contribution is 5.54. The van der Waals surface area contributed by atoms with Crippen LogP contribution in [0.25, 0.3) is 0 Å². The molecule has 2 aromatic rings. The Hall–Kier alpha value is -2.45. The Labute approximate surface area is 89.6 Å². The third-order valence-electron chi connectivity index (χ3n) is 1.89. The third kappa shape index (κ3) is 1.97. The van der Waals surface area contributed by atoms with Crippen LogP contribution in [0.3, 0.4) is 0 Å². The number of rotatable bonds is 4. The highest BCUT2D eigenvalue weighted by atomic mass is 16.6. The number of aromatic nitrogens is 5. The van der Waals surface area contributed by atoms with E-state index in [-0.39, 0.29) is 11.5 Å². The molecule has 2 heterocycles. The van der Waals surface area contributed by atoms with E-state index < -0.39 is 4.92 Å². The van der Waals surface area contributed by atoms with E-state index in [2.05, 4.69) is 25.6 Å². The molecule has 0 aliphatic rings. The van der Waals surface area contributed by atoms with Gasteiger partial charge >= 0.3 is 5.69 Å². The molecule has 0 saturated carbocycles. The number of hydrogen-bond donors (Lipinski definition) is 2. The van der Waals surface area contributed by atoms with Crippen LogP contribution in [-0.2, 0) is 13.6 Å². The molecule has 0 saturated heterocycles. The zero-order chi connectivity index (χ0) is 11.5. The maximum atomic E-state index is 10.7. The molecule has 0 aliphatic carbocycles. The van der Waals surface area contributed by atoms with E-state index in [9.17, 15) is 10.1 Å². The van der Waals surface area contributed by atoms with Crippen molar-refractivity contribution < 1.29 is 4.92 Å². The lowest BCUT2D eigenvalue weighted by molar-refractivity contribution is -0.384. The molecule has 2 N–H and O–H groups in total. The van der Waals surface area contributed by atoms with E-state index in [4.69, 9.17) is 0 Å². The van der Waals surface area contributed by atoms with Gasteiger partial charge in [-0.05, 0) is 0 Å². The molecule has 0 unspecified atom stereocenters. The second-order valence-corrected chi connectivity index (χ2v) is 3.08. The Balaban J connectivity index is 2.12. The smallest absolute Gasteiger partial charge is 0.330 e. The standard InChI is InChI=1S/C7H9N7O2/c1-13-3-5(14(15)16)7(12-13)8-2-6-9-4-10-11-6/h3-4H,2H2,1H3,(H,8,12)(H,9,10,11). The normalized spacial score (nSPS) is 10.3. The maximum absolute atomic E-state index is 10.7. The van der Waals surface area contributed by atoms with Crippen molar-refractivity contribution in [1.29, 1.82) is 0 Å². The fourth-order valence-electron chi connectivity index (χ4n) is 1.22. The van der Waals surface area contributed by atoms with Crippen molar-refractivity contribution in [3.8, 4) is 0 Å². The van der Waals surface area contributed by atoms with Crippen molar-refractivity contribution in [3.63, 3.8) is 0 Å². The molecule has 9 nitrogen and oxygen atoms in total. The Morgan fingerprint density at radius 3 is 3.12 bits per heavy atom. The van der Waals surface area contributed by atoms with E-state index in [1.807, 2.05) is 0 Å². The van der Waals surface area contributed by atoms with Gasteiger partial charge in [-0.2, -0.15) is 5.10 Å². The van der Waals surface area contributed by atoms with Crippen LogP contribution in [-0.4, -0.2) is 29.9 Å². The first-order chi connectivity index (χ1) is 7.66. The van der Waals surface area contributed by atoms with Gasteiger partial charge in [-0.1, -0.05) is 0 Å². The van der Waals surface area contributed by atoms with Crippen molar-refractivity contribution in [2.45, 2.75) is 6.54 Å². The number of nitrogens with one attached hydrogen (secondary N) is 2. The van der Waals surface area contributed by atoms with Crippen LogP contribution >= 0.6 is 0 Å². The molecule has 0 amide bonds. The largest absolute Gasteiger partial charge is 0.356 e. The minimum absolute atomic E-state index is 0.0676. The molecule has 9 heteroatoms. The average Bonchev–Trinajstić information content (AvgIpc) is 2.83. The zero-order valence-corrected chi connectivity index (χ0v) is 8.41. The summed E-state index contributed by atoms with van der Waals surface area (Å²) in [5.41, 5.74) is -0.0676. The van der Waals surface area contributed by atoms with Gasteiger partial charge in [-0.25, -0.2) is 4.98 Å². The Kier molecular flexibility index (Phi) is 2.50. The fourth-order valence-corrected chi connectivity index (χ4v) is 1.22. The maximum Gasteiger partial charge on any atom is 0.330 e. The molecule has 0 fully saturated rings. The number of aryl methyl sites for hydroxylation is 1. The van der Waals surface area contributed by atoms with Crippen LogP contribution in [0.4, 0.5) is 11.5 Å². The SMILES string of the molecule is Cn1cc([N+](=O)[O-])c(NCc2ncn[nH]2)n1. The summed E-state index contributed by atoms with van der Waals surface area (Å²) >= 11 is 0. The summed E-state index contributed by atoms with van der Waals surface area (Å²) in [5.74, 6) is 0.795. The van der Waals surface area contributed by atoms with Gasteiger partial charge < -0.3 is 5.32 Å². The van der Waals surface area contributed by atoms with Crippen LogP contribution in [0, 0.1) is 10.1 Å².